The molecule has 0 aliphatic carbocycles. The molecule has 208 valence electrons. The second kappa shape index (κ2) is 12.2. The van der Waals surface area contributed by atoms with Gasteiger partial charge in [0.2, 0.25) is 5.79 Å². The summed E-state index contributed by atoms with van der Waals surface area (Å²) in [6.07, 6.45) is -28.8. The van der Waals surface area contributed by atoms with Crippen LogP contribution in [0.1, 0.15) is 0 Å². The topological polar surface area (TPSA) is 311 Å². The van der Waals surface area contributed by atoms with E-state index in [1.54, 1.807) is 0 Å². The lowest BCUT2D eigenvalue weighted by atomic mass is 9.85. The normalized spacial score (nSPS) is 44.9. The van der Waals surface area contributed by atoms with Gasteiger partial charge in [-0.2, -0.15) is 0 Å². The predicted octanol–water partition coefficient (Wildman–Crippen LogP) is -9.23. The molecule has 2 aliphatic heterocycles. The van der Waals surface area contributed by atoms with Gasteiger partial charge in [-0.25, -0.2) is 0 Å². The van der Waals surface area contributed by atoms with E-state index in [0.717, 1.165) is 0 Å². The molecule has 2 saturated heterocycles. The fraction of sp³-hybridized carbons (Fsp3) is 1.00. The number of ether oxygens (including phenoxy) is 3. The molecule has 0 bridgehead atoms. The Labute approximate surface area is 197 Å². The minimum absolute atomic E-state index is 0.777. The zero-order valence-electron chi connectivity index (χ0n) is 18.2. The fourth-order valence-electron chi connectivity index (χ4n) is 3.77. The number of hydrogen-bond donors (Lipinski definition) is 14. The largest absolute Gasteiger partial charge is 0.394 e. The Hall–Kier alpha value is -0.680. The summed E-state index contributed by atoms with van der Waals surface area (Å²) in [6.45, 7) is -2.69. The lowest BCUT2D eigenvalue weighted by molar-refractivity contribution is -0.393. The molecule has 2 fully saturated rings. The van der Waals surface area contributed by atoms with Crippen molar-refractivity contribution in [2.45, 2.75) is 91.4 Å². The number of hydrogen-bond acceptors (Lipinski definition) is 17. The van der Waals surface area contributed by atoms with Gasteiger partial charge in [0.15, 0.2) is 6.29 Å². The van der Waals surface area contributed by atoms with Gasteiger partial charge in [0, 0.05) is 0 Å². The molecular weight excluding hydrogens is 488 g/mol. The fourth-order valence-corrected chi connectivity index (χ4v) is 3.77. The van der Waals surface area contributed by atoms with Crippen molar-refractivity contribution >= 4 is 0 Å². The van der Waals surface area contributed by atoms with Crippen molar-refractivity contribution in [3.8, 4) is 0 Å². The molecular formula is C18H34O17. The molecule has 0 radical (unpaired) electrons. The van der Waals surface area contributed by atoms with Gasteiger partial charge in [-0.3, -0.25) is 0 Å². The molecule has 17 nitrogen and oxygen atoms in total. The first-order valence-corrected chi connectivity index (χ1v) is 10.6. The maximum atomic E-state index is 10.7. The zero-order valence-corrected chi connectivity index (χ0v) is 18.2. The number of aliphatic hydroxyl groups is 14. The predicted molar refractivity (Wildman–Crippen MR) is 105 cm³/mol. The van der Waals surface area contributed by atoms with Crippen LogP contribution in [0.2, 0.25) is 0 Å². The second-order valence-corrected chi connectivity index (χ2v) is 8.53. The van der Waals surface area contributed by atoms with E-state index >= 15 is 0 Å². The molecule has 35 heavy (non-hydrogen) atoms. The summed E-state index contributed by atoms with van der Waals surface area (Å²) >= 11 is 0. The van der Waals surface area contributed by atoms with Gasteiger partial charge in [-0.05, 0) is 0 Å². The first kappa shape index (κ1) is 30.5. The van der Waals surface area contributed by atoms with Crippen molar-refractivity contribution in [1.82, 2.24) is 0 Å². The van der Waals surface area contributed by atoms with Crippen molar-refractivity contribution < 1.29 is 85.7 Å². The molecule has 2 rings (SSSR count). The lowest BCUT2D eigenvalue weighted by Crippen LogP contribution is -2.72. The highest BCUT2D eigenvalue weighted by atomic mass is 16.7. The summed E-state index contributed by atoms with van der Waals surface area (Å²) in [7, 11) is 0. The summed E-state index contributed by atoms with van der Waals surface area (Å²) in [5.74, 6) is -3.31. The minimum Gasteiger partial charge on any atom is -0.394 e. The van der Waals surface area contributed by atoms with Crippen molar-refractivity contribution in [3.05, 3.63) is 0 Å². The number of rotatable bonds is 10. The molecule has 0 spiro atoms. The molecule has 2 heterocycles. The third-order valence-corrected chi connectivity index (χ3v) is 6.12. The zero-order chi connectivity index (χ0) is 26.8. The lowest BCUT2D eigenvalue weighted by Gasteiger charge is -2.49. The van der Waals surface area contributed by atoms with Gasteiger partial charge < -0.3 is 85.7 Å². The van der Waals surface area contributed by atoms with Crippen LogP contribution in [0.3, 0.4) is 0 Å². The first-order chi connectivity index (χ1) is 16.2. The molecule has 0 aromatic rings. The highest BCUT2D eigenvalue weighted by Gasteiger charge is 2.59. The summed E-state index contributed by atoms with van der Waals surface area (Å²) in [5.41, 5.74) is 0. The van der Waals surface area contributed by atoms with Crippen LogP contribution in [-0.2, 0) is 14.2 Å². The summed E-state index contributed by atoms with van der Waals surface area (Å²) < 4.78 is 15.3. The standard InChI is InChI=1S/C18H34O17/c19-1-4(21)7(22)10(25)13(28)16(31)18(32)15(30)12(27)9(24)6(35-18)3-33-17-14(29)11(26)8(23)5(2-20)34-17/h4-17,19-32H,1-3H2/t4-,5?,6+,7-,8?,9+,10+,11-,12-,13-,14?,15+,16?,17-,18-/m0/s1. The third-order valence-electron chi connectivity index (χ3n) is 6.12. The molecule has 0 saturated carbocycles. The van der Waals surface area contributed by atoms with Crippen LogP contribution < -0.4 is 0 Å². The molecule has 14 N–H and O–H groups in total. The maximum absolute atomic E-state index is 10.7. The SMILES string of the molecule is OCC1O[C@H](OC[C@H]2O[C@](O)(C(O)[C@@H](O)[C@H](O)[C@@H](O)[C@@H](O)CO)[C@H](O)[C@@H](O)[C@@H]2O)C(O)[C@@H](O)C1O. The van der Waals surface area contributed by atoms with Crippen LogP contribution in [0.5, 0.6) is 0 Å². The van der Waals surface area contributed by atoms with E-state index in [9.17, 15) is 66.4 Å². The first-order valence-electron chi connectivity index (χ1n) is 10.6. The van der Waals surface area contributed by atoms with E-state index < -0.39 is 111 Å². The quantitative estimate of drug-likeness (QED) is 0.127. The highest BCUT2D eigenvalue weighted by Crippen LogP contribution is 2.34. The van der Waals surface area contributed by atoms with Crippen LogP contribution in [-0.4, -0.2) is 183 Å². The van der Waals surface area contributed by atoms with Gasteiger partial charge >= 0.3 is 0 Å². The van der Waals surface area contributed by atoms with Gasteiger partial charge in [-0.15, -0.1) is 0 Å². The van der Waals surface area contributed by atoms with E-state index in [2.05, 4.69) is 0 Å². The average Bonchev–Trinajstić information content (AvgIpc) is 2.85. The Morgan fingerprint density at radius 3 is 1.83 bits per heavy atom. The van der Waals surface area contributed by atoms with Crippen molar-refractivity contribution in [3.63, 3.8) is 0 Å². The van der Waals surface area contributed by atoms with Gasteiger partial charge in [-0.1, -0.05) is 0 Å². The molecule has 0 aromatic heterocycles. The highest BCUT2D eigenvalue weighted by molar-refractivity contribution is 5.03. The molecule has 15 atom stereocenters. The maximum Gasteiger partial charge on any atom is 0.224 e. The van der Waals surface area contributed by atoms with Crippen molar-refractivity contribution in [2.75, 3.05) is 19.8 Å². The monoisotopic (exact) mass is 522 g/mol. The molecule has 17 heteroatoms. The molecule has 4 unspecified atom stereocenters. The van der Waals surface area contributed by atoms with Gasteiger partial charge in [0.25, 0.3) is 0 Å². The van der Waals surface area contributed by atoms with Crippen LogP contribution in [0.25, 0.3) is 0 Å². The Balaban J connectivity index is 2.16. The molecule has 0 amide bonds. The van der Waals surface area contributed by atoms with E-state index in [-0.39, 0.29) is 0 Å². The Kier molecular flexibility index (Phi) is 10.7. The average molecular weight is 522 g/mol. The smallest absolute Gasteiger partial charge is 0.224 e. The Morgan fingerprint density at radius 1 is 0.714 bits per heavy atom. The van der Waals surface area contributed by atoms with Crippen LogP contribution in [0.15, 0.2) is 0 Å². The Morgan fingerprint density at radius 2 is 1.29 bits per heavy atom. The van der Waals surface area contributed by atoms with E-state index in [0.29, 0.717) is 0 Å². The van der Waals surface area contributed by atoms with Gasteiger partial charge in [0.05, 0.1) is 19.8 Å². The third kappa shape index (κ3) is 6.08. The van der Waals surface area contributed by atoms with Gasteiger partial charge in [0.1, 0.15) is 79.4 Å². The summed E-state index contributed by atoms with van der Waals surface area (Å²) in [5, 5.41) is 138. The summed E-state index contributed by atoms with van der Waals surface area (Å²) in [4.78, 5) is 0. The van der Waals surface area contributed by atoms with Crippen molar-refractivity contribution in [2.24, 2.45) is 0 Å². The van der Waals surface area contributed by atoms with E-state index in [4.69, 9.17) is 19.3 Å². The summed E-state index contributed by atoms with van der Waals surface area (Å²) in [6, 6.07) is 0. The van der Waals surface area contributed by atoms with Crippen molar-refractivity contribution in [1.29, 1.82) is 0 Å². The van der Waals surface area contributed by atoms with Crippen LogP contribution in [0.4, 0.5) is 0 Å². The Bertz CT molecular complexity index is 655. The molecule has 0 aromatic carbocycles. The number of aliphatic hydroxyl groups excluding tert-OH is 13. The van der Waals surface area contributed by atoms with E-state index in [1.165, 1.54) is 0 Å². The second-order valence-electron chi connectivity index (χ2n) is 8.53. The van der Waals surface area contributed by atoms with E-state index in [1.807, 2.05) is 0 Å². The minimum atomic E-state index is -3.31. The molecule has 2 aliphatic rings. The van der Waals surface area contributed by atoms with Crippen LogP contribution in [0, 0.1) is 0 Å². The van der Waals surface area contributed by atoms with Crippen LogP contribution >= 0.6 is 0 Å².